The first kappa shape index (κ1) is 13.5. The van der Waals surface area contributed by atoms with Gasteiger partial charge in [-0.2, -0.15) is 0 Å². The van der Waals surface area contributed by atoms with E-state index in [1.807, 2.05) is 0 Å². The van der Waals surface area contributed by atoms with Crippen molar-refractivity contribution in [2.45, 2.75) is 6.61 Å². The molecule has 0 heterocycles. The Morgan fingerprint density at radius 1 is 1.11 bits per heavy atom. The molecule has 0 bridgehead atoms. The third kappa shape index (κ3) is 3.51. The molecule has 2 nitrogen and oxygen atoms in total. The van der Waals surface area contributed by atoms with Crippen molar-refractivity contribution in [3.05, 3.63) is 64.2 Å². The highest BCUT2D eigenvalue weighted by Crippen LogP contribution is 2.22. The van der Waals surface area contributed by atoms with Crippen LogP contribution in [-0.4, -0.2) is 6.29 Å². The van der Waals surface area contributed by atoms with Gasteiger partial charge in [0.15, 0.2) is 6.29 Å². The summed E-state index contributed by atoms with van der Waals surface area (Å²) in [5, 5.41) is 0.409. The first-order chi connectivity index (χ1) is 9.08. The van der Waals surface area contributed by atoms with Crippen LogP contribution in [0.25, 0.3) is 0 Å². The number of halogens is 3. The van der Waals surface area contributed by atoms with E-state index in [0.29, 0.717) is 22.6 Å². The Morgan fingerprint density at radius 2 is 1.79 bits per heavy atom. The molecule has 0 aromatic heterocycles. The van der Waals surface area contributed by atoms with Crippen molar-refractivity contribution < 1.29 is 18.3 Å². The van der Waals surface area contributed by atoms with Crippen LogP contribution in [0, 0.1) is 11.6 Å². The van der Waals surface area contributed by atoms with Gasteiger partial charge >= 0.3 is 0 Å². The molecule has 0 unspecified atom stereocenters. The second-order valence-electron chi connectivity index (χ2n) is 3.87. The van der Waals surface area contributed by atoms with E-state index in [9.17, 15) is 13.6 Å². The van der Waals surface area contributed by atoms with Gasteiger partial charge in [-0.25, -0.2) is 8.78 Å². The number of ether oxygens (including phenoxy) is 1. The summed E-state index contributed by atoms with van der Waals surface area (Å²) in [6.45, 7) is -0.0445. The molecule has 98 valence electrons. The highest BCUT2D eigenvalue weighted by Gasteiger charge is 2.06. The summed E-state index contributed by atoms with van der Waals surface area (Å²) < 4.78 is 31.3. The smallest absolute Gasteiger partial charge is 0.153 e. The van der Waals surface area contributed by atoms with Gasteiger partial charge in [-0.15, -0.1) is 0 Å². The average Bonchev–Trinajstić information content (AvgIpc) is 2.36. The number of carbonyl (C=O) groups excluding carboxylic acids is 1. The summed E-state index contributed by atoms with van der Waals surface area (Å²) in [5.41, 5.74) is 0.619. The van der Waals surface area contributed by atoms with Crippen molar-refractivity contribution in [2.75, 3.05) is 0 Å². The highest BCUT2D eigenvalue weighted by atomic mass is 35.5. The number of hydrogen-bond donors (Lipinski definition) is 0. The Labute approximate surface area is 113 Å². The number of benzene rings is 2. The van der Waals surface area contributed by atoms with Crippen LogP contribution in [0.15, 0.2) is 36.4 Å². The first-order valence-electron chi connectivity index (χ1n) is 5.41. The van der Waals surface area contributed by atoms with Crippen molar-refractivity contribution in [3.63, 3.8) is 0 Å². The molecule has 0 saturated heterocycles. The highest BCUT2D eigenvalue weighted by molar-refractivity contribution is 6.30. The van der Waals surface area contributed by atoms with Gasteiger partial charge in [0.05, 0.1) is 5.56 Å². The van der Waals surface area contributed by atoms with E-state index in [1.165, 1.54) is 24.3 Å². The van der Waals surface area contributed by atoms with E-state index < -0.39 is 11.6 Å². The molecule has 0 radical (unpaired) electrons. The van der Waals surface area contributed by atoms with Gasteiger partial charge in [-0.05, 0) is 35.9 Å². The molecule has 0 spiro atoms. The second kappa shape index (κ2) is 5.80. The Balaban J connectivity index is 2.16. The number of rotatable bonds is 4. The second-order valence-corrected chi connectivity index (χ2v) is 4.30. The van der Waals surface area contributed by atoms with Gasteiger partial charge in [0, 0.05) is 11.1 Å². The largest absolute Gasteiger partial charge is 0.488 e. The lowest BCUT2D eigenvalue weighted by molar-refractivity contribution is 0.111. The van der Waals surface area contributed by atoms with Crippen molar-refractivity contribution >= 4 is 17.9 Å². The van der Waals surface area contributed by atoms with Gasteiger partial charge in [-0.3, -0.25) is 4.79 Å². The molecule has 0 N–H and O–H groups in total. The van der Waals surface area contributed by atoms with Crippen LogP contribution < -0.4 is 4.74 Å². The van der Waals surface area contributed by atoms with Crippen molar-refractivity contribution in [1.82, 2.24) is 0 Å². The Morgan fingerprint density at radius 3 is 2.42 bits per heavy atom. The van der Waals surface area contributed by atoms with E-state index >= 15 is 0 Å². The predicted octanol–water partition coefficient (Wildman–Crippen LogP) is 4.01. The number of carbonyl (C=O) groups is 1. The maximum atomic E-state index is 13.0. The van der Waals surface area contributed by atoms with Crippen LogP contribution in [0.4, 0.5) is 8.78 Å². The molecule has 0 aliphatic carbocycles. The molecule has 2 aromatic rings. The number of hydrogen-bond acceptors (Lipinski definition) is 2. The zero-order valence-electron chi connectivity index (χ0n) is 9.70. The molecule has 0 amide bonds. The number of aldehydes is 1. The van der Waals surface area contributed by atoms with Gasteiger partial charge in [0.25, 0.3) is 0 Å². The summed E-state index contributed by atoms with van der Waals surface area (Å²) in [5.74, 6) is -1.04. The summed E-state index contributed by atoms with van der Waals surface area (Å²) in [6.07, 6.45) is 0.605. The van der Waals surface area contributed by atoms with Crippen LogP contribution >= 0.6 is 11.6 Å². The van der Waals surface area contributed by atoms with Crippen LogP contribution in [0.3, 0.4) is 0 Å². The van der Waals surface area contributed by atoms with Gasteiger partial charge in [0.2, 0.25) is 0 Å². The van der Waals surface area contributed by atoms with Crippen molar-refractivity contribution in [1.29, 1.82) is 0 Å². The zero-order valence-corrected chi connectivity index (χ0v) is 10.5. The Kier molecular flexibility index (Phi) is 4.12. The normalized spacial score (nSPS) is 10.3. The lowest BCUT2D eigenvalue weighted by Crippen LogP contribution is -1.99. The third-order valence-corrected chi connectivity index (χ3v) is 2.65. The first-order valence-corrected chi connectivity index (χ1v) is 5.79. The fraction of sp³-hybridized carbons (Fsp3) is 0.0714. The van der Waals surface area contributed by atoms with Crippen LogP contribution in [0.2, 0.25) is 5.02 Å². The topological polar surface area (TPSA) is 26.3 Å². The minimum Gasteiger partial charge on any atom is -0.488 e. The quantitative estimate of drug-likeness (QED) is 0.792. The van der Waals surface area contributed by atoms with Crippen LogP contribution in [0.5, 0.6) is 5.75 Å². The minimum absolute atomic E-state index is 0.0445. The molecular weight excluding hydrogens is 274 g/mol. The van der Waals surface area contributed by atoms with Gasteiger partial charge in [-0.1, -0.05) is 11.6 Å². The van der Waals surface area contributed by atoms with E-state index in [4.69, 9.17) is 16.3 Å². The summed E-state index contributed by atoms with van der Waals surface area (Å²) in [6, 6.07) is 7.66. The average molecular weight is 283 g/mol. The predicted molar refractivity (Wildman–Crippen MR) is 67.5 cm³/mol. The fourth-order valence-corrected chi connectivity index (χ4v) is 1.78. The zero-order chi connectivity index (χ0) is 13.8. The van der Waals surface area contributed by atoms with E-state index in [0.717, 1.165) is 6.07 Å². The van der Waals surface area contributed by atoms with E-state index in [2.05, 4.69) is 0 Å². The van der Waals surface area contributed by atoms with Crippen LogP contribution in [0.1, 0.15) is 15.9 Å². The maximum absolute atomic E-state index is 13.0. The molecule has 0 atom stereocenters. The molecule has 0 aliphatic heterocycles. The van der Waals surface area contributed by atoms with Crippen molar-refractivity contribution in [2.24, 2.45) is 0 Å². The lowest BCUT2D eigenvalue weighted by atomic mass is 10.2. The standard InChI is InChI=1S/C14H9ClF2O2/c15-11-1-2-14(10(5-11)7-18)19-8-9-3-12(16)6-13(17)4-9/h1-7H,8H2. The monoisotopic (exact) mass is 282 g/mol. The Hall–Kier alpha value is -1.94. The summed E-state index contributed by atoms with van der Waals surface area (Å²) >= 11 is 5.74. The molecule has 0 fully saturated rings. The van der Waals surface area contributed by atoms with E-state index in [-0.39, 0.29) is 12.2 Å². The minimum atomic E-state index is -0.676. The fourth-order valence-electron chi connectivity index (χ4n) is 1.60. The molecule has 0 saturated carbocycles. The van der Waals surface area contributed by atoms with Crippen LogP contribution in [-0.2, 0) is 6.61 Å². The maximum Gasteiger partial charge on any atom is 0.153 e. The molecule has 19 heavy (non-hydrogen) atoms. The van der Waals surface area contributed by atoms with Gasteiger partial charge < -0.3 is 4.74 Å². The molecule has 5 heteroatoms. The SMILES string of the molecule is O=Cc1cc(Cl)ccc1OCc1cc(F)cc(F)c1. The van der Waals surface area contributed by atoms with Crippen molar-refractivity contribution in [3.8, 4) is 5.75 Å². The van der Waals surface area contributed by atoms with E-state index in [1.54, 1.807) is 6.07 Å². The summed E-state index contributed by atoms with van der Waals surface area (Å²) in [7, 11) is 0. The third-order valence-electron chi connectivity index (χ3n) is 2.42. The molecule has 2 aromatic carbocycles. The summed E-state index contributed by atoms with van der Waals surface area (Å²) in [4.78, 5) is 10.8. The van der Waals surface area contributed by atoms with Gasteiger partial charge in [0.1, 0.15) is 24.0 Å². The molecule has 2 rings (SSSR count). The molecule has 0 aliphatic rings. The lowest BCUT2D eigenvalue weighted by Gasteiger charge is -2.09. The molecular formula is C14H9ClF2O2. The Bertz CT molecular complexity index is 594.